The fourth-order valence-electron chi connectivity index (χ4n) is 2.77. The van der Waals surface area contributed by atoms with Gasteiger partial charge < -0.3 is 10.1 Å². The second-order valence-corrected chi connectivity index (χ2v) is 7.10. The Morgan fingerprint density at radius 2 is 2.04 bits per heavy atom. The van der Waals surface area contributed by atoms with Crippen LogP contribution in [-0.4, -0.2) is 27.9 Å². The van der Waals surface area contributed by atoms with Gasteiger partial charge in [0, 0.05) is 11.1 Å². The number of imidazole rings is 1. The van der Waals surface area contributed by atoms with Crippen LogP contribution in [0, 0.1) is 13.8 Å². The maximum atomic E-state index is 12.9. The molecule has 3 aromatic heterocycles. The smallest absolute Gasteiger partial charge is 0.341 e. The van der Waals surface area contributed by atoms with E-state index in [1.54, 1.807) is 24.3 Å². The van der Waals surface area contributed by atoms with Gasteiger partial charge in [0.25, 0.3) is 5.91 Å². The van der Waals surface area contributed by atoms with Crippen molar-refractivity contribution in [3.63, 3.8) is 0 Å². The number of carbonyl (C=O) groups is 2. The molecule has 0 aromatic carbocycles. The molecule has 3 heterocycles. The summed E-state index contributed by atoms with van der Waals surface area (Å²) in [5.74, 6) is -0.724. The normalized spacial score (nSPS) is 10.9. The van der Waals surface area contributed by atoms with Crippen molar-refractivity contribution in [1.82, 2.24) is 9.38 Å². The number of thiophene rings is 1. The summed E-state index contributed by atoms with van der Waals surface area (Å²) in [7, 11) is 0. The van der Waals surface area contributed by atoms with Crippen molar-refractivity contribution in [2.75, 3.05) is 11.9 Å². The Morgan fingerprint density at radius 1 is 1.27 bits per heavy atom. The van der Waals surface area contributed by atoms with Crippen molar-refractivity contribution in [3.05, 3.63) is 51.8 Å². The molecule has 1 amide bonds. The third kappa shape index (κ3) is 3.35. The van der Waals surface area contributed by atoms with Crippen LogP contribution in [0.25, 0.3) is 5.65 Å². The quantitative estimate of drug-likeness (QED) is 0.688. The zero-order valence-electron chi connectivity index (χ0n) is 15.3. The Bertz CT molecular complexity index is 987. The number of rotatable bonds is 5. The van der Waals surface area contributed by atoms with E-state index in [4.69, 9.17) is 4.74 Å². The van der Waals surface area contributed by atoms with Crippen LogP contribution in [-0.2, 0) is 11.2 Å². The number of anilines is 1. The average molecular weight is 371 g/mol. The molecule has 7 heteroatoms. The van der Waals surface area contributed by atoms with E-state index in [0.717, 1.165) is 22.5 Å². The van der Waals surface area contributed by atoms with Crippen molar-refractivity contribution < 1.29 is 14.3 Å². The third-order valence-corrected chi connectivity index (χ3v) is 5.22. The van der Waals surface area contributed by atoms with Gasteiger partial charge >= 0.3 is 5.97 Å². The molecule has 136 valence electrons. The summed E-state index contributed by atoms with van der Waals surface area (Å²) < 4.78 is 6.86. The number of nitrogens with one attached hydrogen (secondary N) is 1. The van der Waals surface area contributed by atoms with Crippen molar-refractivity contribution in [1.29, 1.82) is 0 Å². The Morgan fingerprint density at radius 3 is 2.73 bits per heavy atom. The van der Waals surface area contributed by atoms with Gasteiger partial charge in [0.05, 0.1) is 17.9 Å². The van der Waals surface area contributed by atoms with Crippen LogP contribution >= 0.6 is 11.3 Å². The first kappa shape index (κ1) is 18.1. The number of nitrogens with zero attached hydrogens (tertiary/aromatic N) is 2. The molecule has 0 unspecified atom stereocenters. The molecule has 0 aliphatic rings. The highest BCUT2D eigenvalue weighted by Gasteiger charge is 2.22. The molecule has 0 saturated carbocycles. The number of amides is 1. The molecule has 0 aliphatic heterocycles. The maximum absolute atomic E-state index is 12.9. The fourth-order valence-corrected chi connectivity index (χ4v) is 3.75. The summed E-state index contributed by atoms with van der Waals surface area (Å²) in [6, 6.07) is 5.63. The summed E-state index contributed by atoms with van der Waals surface area (Å²) >= 11 is 1.39. The van der Waals surface area contributed by atoms with E-state index in [0.29, 0.717) is 22.0 Å². The van der Waals surface area contributed by atoms with E-state index in [1.165, 1.54) is 11.3 Å². The van der Waals surface area contributed by atoms with E-state index < -0.39 is 5.97 Å². The highest BCUT2D eigenvalue weighted by Crippen LogP contribution is 2.30. The van der Waals surface area contributed by atoms with Crippen molar-refractivity contribution in [3.8, 4) is 0 Å². The number of esters is 1. The highest BCUT2D eigenvalue weighted by molar-refractivity contribution is 7.16. The molecule has 0 spiro atoms. The molecule has 26 heavy (non-hydrogen) atoms. The number of ether oxygens (including phenoxy) is 1. The number of carbonyl (C=O) groups excluding carboxylic acids is 2. The molecular formula is C19H21N3O3S. The first-order valence-electron chi connectivity index (χ1n) is 8.51. The van der Waals surface area contributed by atoms with Crippen molar-refractivity contribution in [2.24, 2.45) is 0 Å². The van der Waals surface area contributed by atoms with Crippen LogP contribution in [0.5, 0.6) is 0 Å². The first-order chi connectivity index (χ1) is 12.4. The zero-order valence-corrected chi connectivity index (χ0v) is 16.1. The zero-order chi connectivity index (χ0) is 18.8. The van der Waals surface area contributed by atoms with Gasteiger partial charge in [-0.25, -0.2) is 9.78 Å². The van der Waals surface area contributed by atoms with Crippen LogP contribution in [0.1, 0.15) is 50.8 Å². The van der Waals surface area contributed by atoms with Gasteiger partial charge in [-0.2, -0.15) is 0 Å². The Hall–Kier alpha value is -2.67. The highest BCUT2D eigenvalue weighted by atomic mass is 32.1. The largest absolute Gasteiger partial charge is 0.462 e. The number of hydrogen-bond donors (Lipinski definition) is 1. The van der Waals surface area contributed by atoms with Crippen LogP contribution in [0.15, 0.2) is 24.4 Å². The SMILES string of the molecule is CCOC(=O)c1cc(CC)sc1NC(=O)c1c(C)nc2cc(C)ccn12. The minimum Gasteiger partial charge on any atom is -0.462 e. The standard InChI is InChI=1S/C19H21N3O3S/c1-5-13-10-14(19(24)25-6-2)18(26-13)21-17(23)16-12(4)20-15-9-11(3)7-8-22(15)16/h7-10H,5-6H2,1-4H3,(H,21,23). The number of fused-ring (bicyclic) bond motifs is 1. The van der Waals surface area contributed by atoms with E-state index in [9.17, 15) is 9.59 Å². The van der Waals surface area contributed by atoms with Gasteiger partial charge in [0.15, 0.2) is 0 Å². The summed E-state index contributed by atoms with van der Waals surface area (Å²) in [4.78, 5) is 30.6. The van der Waals surface area contributed by atoms with Gasteiger partial charge in [0.1, 0.15) is 16.3 Å². The molecule has 0 radical (unpaired) electrons. The van der Waals surface area contributed by atoms with Crippen LogP contribution in [0.4, 0.5) is 5.00 Å². The number of hydrogen-bond acceptors (Lipinski definition) is 5. The predicted molar refractivity (Wildman–Crippen MR) is 102 cm³/mol. The van der Waals surface area contributed by atoms with E-state index in [1.807, 2.05) is 32.2 Å². The second kappa shape index (κ2) is 7.29. The summed E-state index contributed by atoms with van der Waals surface area (Å²) in [5.41, 5.74) is 3.28. The van der Waals surface area contributed by atoms with Gasteiger partial charge in [0.2, 0.25) is 0 Å². The third-order valence-electron chi connectivity index (χ3n) is 4.03. The number of aromatic nitrogens is 2. The van der Waals surface area contributed by atoms with Gasteiger partial charge in [-0.05, 0) is 51.0 Å². The number of aryl methyl sites for hydroxylation is 3. The lowest BCUT2D eigenvalue weighted by atomic mass is 10.2. The van der Waals surface area contributed by atoms with Gasteiger partial charge in [-0.15, -0.1) is 11.3 Å². The van der Waals surface area contributed by atoms with Crippen molar-refractivity contribution in [2.45, 2.75) is 34.1 Å². The summed E-state index contributed by atoms with van der Waals surface area (Å²) in [5, 5.41) is 3.38. The predicted octanol–water partition coefficient (Wildman–Crippen LogP) is 4.00. The molecule has 0 saturated heterocycles. The van der Waals surface area contributed by atoms with Crippen LogP contribution in [0.3, 0.4) is 0 Å². The minimum atomic E-state index is -0.427. The lowest BCUT2D eigenvalue weighted by Gasteiger charge is -2.07. The molecule has 0 fully saturated rings. The average Bonchev–Trinajstić information content (AvgIpc) is 3.14. The Kier molecular flexibility index (Phi) is 5.08. The fraction of sp³-hybridized carbons (Fsp3) is 0.316. The van der Waals surface area contributed by atoms with Gasteiger partial charge in [-0.1, -0.05) is 6.92 Å². The van der Waals surface area contributed by atoms with Crippen molar-refractivity contribution >= 4 is 33.9 Å². The first-order valence-corrected chi connectivity index (χ1v) is 9.32. The molecule has 0 bridgehead atoms. The molecule has 6 nitrogen and oxygen atoms in total. The molecule has 3 rings (SSSR count). The number of pyridine rings is 1. The van der Waals surface area contributed by atoms with E-state index in [2.05, 4.69) is 10.3 Å². The lowest BCUT2D eigenvalue weighted by molar-refractivity contribution is 0.0528. The summed E-state index contributed by atoms with van der Waals surface area (Å²) in [6.07, 6.45) is 2.61. The molecule has 0 aliphatic carbocycles. The van der Waals surface area contributed by atoms with E-state index >= 15 is 0 Å². The molecular weight excluding hydrogens is 350 g/mol. The molecule has 0 atom stereocenters. The second-order valence-electron chi connectivity index (χ2n) is 5.96. The Labute approximate surface area is 155 Å². The lowest BCUT2D eigenvalue weighted by Crippen LogP contribution is -2.17. The topological polar surface area (TPSA) is 72.7 Å². The van der Waals surface area contributed by atoms with Crippen LogP contribution < -0.4 is 5.32 Å². The monoisotopic (exact) mass is 371 g/mol. The summed E-state index contributed by atoms with van der Waals surface area (Å²) in [6.45, 7) is 7.83. The minimum absolute atomic E-state index is 0.287. The van der Waals surface area contributed by atoms with Crippen LogP contribution in [0.2, 0.25) is 0 Å². The maximum Gasteiger partial charge on any atom is 0.341 e. The Balaban J connectivity index is 1.97. The molecule has 1 N–H and O–H groups in total. The van der Waals surface area contributed by atoms with E-state index in [-0.39, 0.29) is 12.5 Å². The molecule has 3 aromatic rings. The van der Waals surface area contributed by atoms with Gasteiger partial charge in [-0.3, -0.25) is 9.20 Å².